The van der Waals surface area contributed by atoms with Gasteiger partial charge in [-0.2, -0.15) is 5.10 Å². The second kappa shape index (κ2) is 8.06. The molecule has 142 valence electrons. The number of nitrogens with zero attached hydrogens (tertiary/aromatic N) is 2. The van der Waals surface area contributed by atoms with Gasteiger partial charge in [-0.15, -0.1) is 0 Å². The third-order valence-corrected chi connectivity index (χ3v) is 4.62. The average molecular weight is 415 g/mol. The first kappa shape index (κ1) is 18.6. The van der Waals surface area contributed by atoms with Gasteiger partial charge in [0.2, 0.25) is 0 Å². The minimum atomic E-state index is 0.303. The van der Waals surface area contributed by atoms with Crippen LogP contribution in [0.3, 0.4) is 0 Å². The number of nitrogens with one attached hydrogen (secondary N) is 1. The molecule has 2 aromatic heterocycles. The van der Waals surface area contributed by atoms with Crippen molar-refractivity contribution in [2.24, 2.45) is 5.73 Å². The molecule has 0 fully saturated rings. The highest BCUT2D eigenvalue weighted by atomic mass is 35.5. The summed E-state index contributed by atoms with van der Waals surface area (Å²) in [6, 6.07) is 14.3. The fraction of sp³-hybridized carbons (Fsp3) is 0.100. The average Bonchev–Trinajstić information content (AvgIpc) is 3.11. The predicted molar refractivity (Wildman–Crippen MR) is 109 cm³/mol. The minimum Gasteiger partial charge on any atom is -0.487 e. The SMILES string of the molecule is NCc1cc(Cl)cc(Oc2cc(OCc3[nH]nc4ncccc34)ccc2Cl)c1. The smallest absolute Gasteiger partial charge is 0.181 e. The van der Waals surface area contributed by atoms with Gasteiger partial charge in [0.1, 0.15) is 23.9 Å². The molecule has 3 N–H and O–H groups in total. The molecule has 0 saturated heterocycles. The number of hydrogen-bond acceptors (Lipinski definition) is 5. The van der Waals surface area contributed by atoms with Gasteiger partial charge in [0, 0.05) is 29.2 Å². The maximum absolute atomic E-state index is 6.27. The van der Waals surface area contributed by atoms with Crippen LogP contribution >= 0.6 is 23.2 Å². The normalized spacial score (nSPS) is 11.0. The van der Waals surface area contributed by atoms with Gasteiger partial charge in [-0.3, -0.25) is 5.10 Å². The number of benzene rings is 2. The predicted octanol–water partition coefficient (Wildman–Crippen LogP) is 5.09. The molecule has 2 aromatic carbocycles. The number of hydrogen-bond donors (Lipinski definition) is 2. The van der Waals surface area contributed by atoms with Crippen LogP contribution in [0.15, 0.2) is 54.7 Å². The van der Waals surface area contributed by atoms with E-state index < -0.39 is 0 Å². The quantitative estimate of drug-likeness (QED) is 0.458. The third kappa shape index (κ3) is 4.04. The fourth-order valence-corrected chi connectivity index (χ4v) is 3.15. The molecular formula is C20H16Cl2N4O2. The molecule has 2 heterocycles. The number of halogens is 2. The first-order chi connectivity index (χ1) is 13.6. The summed E-state index contributed by atoms with van der Waals surface area (Å²) in [5, 5.41) is 9.02. The maximum Gasteiger partial charge on any atom is 0.181 e. The summed E-state index contributed by atoms with van der Waals surface area (Å²) in [4.78, 5) is 4.20. The molecule has 0 bridgehead atoms. The monoisotopic (exact) mass is 414 g/mol. The molecule has 8 heteroatoms. The highest BCUT2D eigenvalue weighted by Crippen LogP contribution is 2.34. The second-order valence-electron chi connectivity index (χ2n) is 6.06. The van der Waals surface area contributed by atoms with Gasteiger partial charge >= 0.3 is 0 Å². The van der Waals surface area contributed by atoms with Crippen LogP contribution in [-0.4, -0.2) is 15.2 Å². The van der Waals surface area contributed by atoms with Gasteiger partial charge in [-0.1, -0.05) is 23.2 Å². The van der Waals surface area contributed by atoms with E-state index in [-0.39, 0.29) is 0 Å². The first-order valence-electron chi connectivity index (χ1n) is 8.50. The number of nitrogens with two attached hydrogens (primary N) is 1. The molecule has 0 aliphatic carbocycles. The van der Waals surface area contributed by atoms with Crippen molar-refractivity contribution in [3.63, 3.8) is 0 Å². The Hall–Kier alpha value is -2.80. The van der Waals surface area contributed by atoms with Crippen LogP contribution in [0.25, 0.3) is 11.0 Å². The Morgan fingerprint density at radius 1 is 1.04 bits per heavy atom. The molecule has 0 radical (unpaired) electrons. The molecule has 0 aliphatic rings. The molecular weight excluding hydrogens is 399 g/mol. The Morgan fingerprint density at radius 2 is 1.93 bits per heavy atom. The van der Waals surface area contributed by atoms with E-state index in [0.29, 0.717) is 46.1 Å². The van der Waals surface area contributed by atoms with Gasteiger partial charge in [-0.25, -0.2) is 4.98 Å². The summed E-state index contributed by atoms with van der Waals surface area (Å²) in [6.45, 7) is 0.665. The van der Waals surface area contributed by atoms with E-state index in [9.17, 15) is 0 Å². The maximum atomic E-state index is 6.27. The van der Waals surface area contributed by atoms with Gasteiger partial charge in [0.25, 0.3) is 0 Å². The summed E-state index contributed by atoms with van der Waals surface area (Å²) in [5.74, 6) is 1.62. The van der Waals surface area contributed by atoms with Crippen LogP contribution in [0.5, 0.6) is 17.2 Å². The van der Waals surface area contributed by atoms with Gasteiger partial charge < -0.3 is 15.2 Å². The summed E-state index contributed by atoms with van der Waals surface area (Å²) < 4.78 is 11.8. The van der Waals surface area contributed by atoms with E-state index in [2.05, 4.69) is 15.2 Å². The summed E-state index contributed by atoms with van der Waals surface area (Å²) in [6.07, 6.45) is 1.70. The Balaban J connectivity index is 1.53. The lowest BCUT2D eigenvalue weighted by Gasteiger charge is -2.12. The summed E-state index contributed by atoms with van der Waals surface area (Å²) in [5.41, 5.74) is 8.04. The van der Waals surface area contributed by atoms with E-state index in [1.165, 1.54) is 0 Å². The number of aromatic amines is 1. The van der Waals surface area contributed by atoms with E-state index in [0.717, 1.165) is 16.6 Å². The topological polar surface area (TPSA) is 86.0 Å². The van der Waals surface area contributed by atoms with E-state index in [1.807, 2.05) is 18.2 Å². The molecule has 0 unspecified atom stereocenters. The summed E-state index contributed by atoms with van der Waals surface area (Å²) in [7, 11) is 0. The van der Waals surface area contributed by atoms with Crippen molar-refractivity contribution in [1.29, 1.82) is 0 Å². The molecule has 0 atom stereocenters. The molecule has 0 aliphatic heterocycles. The van der Waals surface area contributed by atoms with Crippen molar-refractivity contribution < 1.29 is 9.47 Å². The van der Waals surface area contributed by atoms with Crippen LogP contribution in [0.1, 0.15) is 11.3 Å². The largest absolute Gasteiger partial charge is 0.487 e. The standard InChI is InChI=1S/C20H16Cl2N4O2/c21-13-6-12(10-23)7-15(8-13)28-19-9-14(3-4-17(19)22)27-11-18-16-2-1-5-24-20(16)26-25-18/h1-9H,10-11,23H2,(H,24,25,26). The highest BCUT2D eigenvalue weighted by Gasteiger charge is 2.10. The lowest BCUT2D eigenvalue weighted by atomic mass is 10.2. The van der Waals surface area contributed by atoms with Crippen LogP contribution in [-0.2, 0) is 13.2 Å². The molecule has 4 rings (SSSR count). The zero-order chi connectivity index (χ0) is 19.5. The molecule has 0 spiro atoms. The molecule has 28 heavy (non-hydrogen) atoms. The molecule has 0 saturated carbocycles. The van der Waals surface area contributed by atoms with Crippen LogP contribution in [0, 0.1) is 0 Å². The third-order valence-electron chi connectivity index (χ3n) is 4.09. The number of rotatable bonds is 6. The Kier molecular flexibility index (Phi) is 5.34. The van der Waals surface area contributed by atoms with Crippen molar-refractivity contribution in [2.45, 2.75) is 13.2 Å². The Labute approximate surface area is 171 Å². The zero-order valence-corrected chi connectivity index (χ0v) is 16.2. The van der Waals surface area contributed by atoms with Crippen molar-refractivity contribution in [3.05, 3.63) is 76.0 Å². The van der Waals surface area contributed by atoms with E-state index in [1.54, 1.807) is 36.5 Å². The Bertz CT molecular complexity index is 1130. The first-order valence-corrected chi connectivity index (χ1v) is 9.25. The van der Waals surface area contributed by atoms with Crippen LogP contribution < -0.4 is 15.2 Å². The lowest BCUT2D eigenvalue weighted by molar-refractivity contribution is 0.301. The van der Waals surface area contributed by atoms with E-state index >= 15 is 0 Å². The lowest BCUT2D eigenvalue weighted by Crippen LogP contribution is -1.98. The second-order valence-corrected chi connectivity index (χ2v) is 6.90. The minimum absolute atomic E-state index is 0.303. The molecule has 4 aromatic rings. The van der Waals surface area contributed by atoms with Gasteiger partial charge in [0.05, 0.1) is 10.7 Å². The number of pyridine rings is 1. The van der Waals surface area contributed by atoms with Crippen molar-refractivity contribution in [1.82, 2.24) is 15.2 Å². The highest BCUT2D eigenvalue weighted by molar-refractivity contribution is 6.32. The van der Waals surface area contributed by atoms with Crippen LogP contribution in [0.2, 0.25) is 10.0 Å². The number of H-pyrrole nitrogens is 1. The molecule has 6 nitrogen and oxygen atoms in total. The van der Waals surface area contributed by atoms with Crippen molar-refractivity contribution >= 4 is 34.2 Å². The van der Waals surface area contributed by atoms with Gasteiger partial charge in [-0.05, 0) is 48.0 Å². The number of aromatic nitrogens is 3. The number of fused-ring (bicyclic) bond motifs is 1. The number of ether oxygens (including phenoxy) is 2. The molecule has 0 amide bonds. The fourth-order valence-electron chi connectivity index (χ4n) is 2.74. The van der Waals surface area contributed by atoms with Crippen LogP contribution in [0.4, 0.5) is 0 Å². The Morgan fingerprint density at radius 3 is 2.79 bits per heavy atom. The van der Waals surface area contributed by atoms with Gasteiger partial charge in [0.15, 0.2) is 5.65 Å². The van der Waals surface area contributed by atoms with Crippen molar-refractivity contribution in [3.8, 4) is 17.2 Å². The van der Waals surface area contributed by atoms with Crippen molar-refractivity contribution in [2.75, 3.05) is 0 Å². The zero-order valence-electron chi connectivity index (χ0n) is 14.7. The summed E-state index contributed by atoms with van der Waals surface area (Å²) >= 11 is 12.4. The van der Waals surface area contributed by atoms with E-state index in [4.69, 9.17) is 38.4 Å².